The summed E-state index contributed by atoms with van der Waals surface area (Å²) in [6, 6.07) is 3.62. The third-order valence-electron chi connectivity index (χ3n) is 1.80. The third kappa shape index (κ3) is 3.14. The Bertz CT molecular complexity index is 295. The van der Waals surface area contributed by atoms with Crippen molar-refractivity contribution >= 4 is 11.7 Å². The Hall–Kier alpha value is -1.42. The van der Waals surface area contributed by atoms with Crippen molar-refractivity contribution in [2.75, 3.05) is 5.32 Å². The van der Waals surface area contributed by atoms with Crippen LogP contribution in [0.4, 0.5) is 5.82 Å². The van der Waals surface area contributed by atoms with Gasteiger partial charge in [-0.2, -0.15) is 0 Å². The molecular formula is C10H15N3O. The van der Waals surface area contributed by atoms with Crippen molar-refractivity contribution in [2.24, 2.45) is 5.73 Å². The summed E-state index contributed by atoms with van der Waals surface area (Å²) in [4.78, 5) is 15.3. The largest absolute Gasteiger partial charge is 0.326 e. The van der Waals surface area contributed by atoms with Gasteiger partial charge in [0, 0.05) is 19.2 Å². The van der Waals surface area contributed by atoms with Crippen molar-refractivity contribution in [3.8, 4) is 0 Å². The maximum Gasteiger partial charge on any atom is 0.225 e. The molecule has 0 saturated heterocycles. The molecule has 0 aliphatic carbocycles. The first-order valence-electron chi connectivity index (χ1n) is 4.71. The molecule has 76 valence electrons. The number of hydrogen-bond donors (Lipinski definition) is 2. The molecular weight excluding hydrogens is 178 g/mol. The second-order valence-electron chi connectivity index (χ2n) is 3.05. The van der Waals surface area contributed by atoms with Crippen molar-refractivity contribution in [2.45, 2.75) is 26.3 Å². The summed E-state index contributed by atoms with van der Waals surface area (Å²) in [6.45, 7) is 2.43. The first-order chi connectivity index (χ1) is 6.76. The van der Waals surface area contributed by atoms with Crippen LogP contribution in [0.15, 0.2) is 18.3 Å². The fraction of sp³-hybridized carbons (Fsp3) is 0.400. The molecule has 0 unspecified atom stereocenters. The Labute approximate surface area is 83.5 Å². The summed E-state index contributed by atoms with van der Waals surface area (Å²) in [5.74, 6) is 0.584. The third-order valence-corrected chi connectivity index (χ3v) is 1.80. The maximum absolute atomic E-state index is 11.2. The number of aromatic nitrogens is 1. The zero-order valence-corrected chi connectivity index (χ0v) is 8.29. The van der Waals surface area contributed by atoms with Crippen molar-refractivity contribution in [3.05, 3.63) is 23.9 Å². The van der Waals surface area contributed by atoms with Crippen LogP contribution in [-0.4, -0.2) is 10.9 Å². The molecule has 0 saturated carbocycles. The molecule has 3 N–H and O–H groups in total. The molecule has 4 heteroatoms. The minimum absolute atomic E-state index is 0.000462. The highest BCUT2D eigenvalue weighted by Crippen LogP contribution is 2.05. The molecule has 1 amide bonds. The average molecular weight is 193 g/mol. The fourth-order valence-electron chi connectivity index (χ4n) is 1.05. The second kappa shape index (κ2) is 5.34. The van der Waals surface area contributed by atoms with E-state index in [0.29, 0.717) is 18.8 Å². The zero-order chi connectivity index (χ0) is 10.4. The van der Waals surface area contributed by atoms with Gasteiger partial charge in [-0.1, -0.05) is 13.0 Å². The summed E-state index contributed by atoms with van der Waals surface area (Å²) < 4.78 is 0. The van der Waals surface area contributed by atoms with Gasteiger partial charge in [-0.3, -0.25) is 4.79 Å². The number of nitrogens with two attached hydrogens (primary N) is 1. The van der Waals surface area contributed by atoms with Crippen molar-refractivity contribution in [1.82, 2.24) is 4.98 Å². The smallest absolute Gasteiger partial charge is 0.225 e. The number of nitrogens with one attached hydrogen (secondary N) is 1. The fourth-order valence-corrected chi connectivity index (χ4v) is 1.05. The Morgan fingerprint density at radius 1 is 1.57 bits per heavy atom. The van der Waals surface area contributed by atoms with Gasteiger partial charge in [-0.25, -0.2) is 4.98 Å². The molecule has 0 spiro atoms. The topological polar surface area (TPSA) is 68.0 Å². The van der Waals surface area contributed by atoms with Crippen LogP contribution >= 0.6 is 0 Å². The molecule has 4 nitrogen and oxygen atoms in total. The van der Waals surface area contributed by atoms with Crippen LogP contribution in [0.1, 0.15) is 25.3 Å². The molecule has 0 aliphatic rings. The molecule has 0 aromatic carbocycles. The summed E-state index contributed by atoms with van der Waals surface area (Å²) in [5.41, 5.74) is 6.38. The zero-order valence-electron chi connectivity index (χ0n) is 8.29. The van der Waals surface area contributed by atoms with Gasteiger partial charge in [0.25, 0.3) is 0 Å². The van der Waals surface area contributed by atoms with Crippen LogP contribution in [-0.2, 0) is 11.3 Å². The Morgan fingerprint density at radius 2 is 2.36 bits per heavy atom. The van der Waals surface area contributed by atoms with Gasteiger partial charge in [-0.05, 0) is 18.1 Å². The molecule has 0 radical (unpaired) electrons. The Kier molecular flexibility index (Phi) is 4.07. The van der Waals surface area contributed by atoms with Crippen molar-refractivity contribution in [1.29, 1.82) is 0 Å². The molecule has 0 bridgehead atoms. The number of hydrogen-bond acceptors (Lipinski definition) is 3. The predicted octanol–water partition coefficient (Wildman–Crippen LogP) is 1.28. The van der Waals surface area contributed by atoms with E-state index in [2.05, 4.69) is 10.3 Å². The SMILES string of the molecule is CCCC(=O)Nc1ccc(CN)cn1. The van der Waals surface area contributed by atoms with Crippen molar-refractivity contribution < 1.29 is 4.79 Å². The maximum atomic E-state index is 11.2. The average Bonchev–Trinajstić information content (AvgIpc) is 2.19. The number of amides is 1. The highest BCUT2D eigenvalue weighted by molar-refractivity contribution is 5.89. The number of carbonyl (C=O) groups is 1. The minimum atomic E-state index is 0.000462. The van der Waals surface area contributed by atoms with Gasteiger partial charge in [0.2, 0.25) is 5.91 Å². The van der Waals surface area contributed by atoms with E-state index >= 15 is 0 Å². The molecule has 0 aliphatic heterocycles. The van der Waals surface area contributed by atoms with Gasteiger partial charge in [0.05, 0.1) is 0 Å². The van der Waals surface area contributed by atoms with E-state index in [0.717, 1.165) is 12.0 Å². The van der Waals surface area contributed by atoms with E-state index in [9.17, 15) is 4.79 Å². The van der Waals surface area contributed by atoms with E-state index in [-0.39, 0.29) is 5.91 Å². The molecule has 0 atom stereocenters. The summed E-state index contributed by atoms with van der Waals surface area (Å²) >= 11 is 0. The first kappa shape index (κ1) is 10.7. The highest BCUT2D eigenvalue weighted by atomic mass is 16.1. The van der Waals surface area contributed by atoms with Crippen LogP contribution in [0, 0.1) is 0 Å². The van der Waals surface area contributed by atoms with Gasteiger partial charge >= 0.3 is 0 Å². The quantitative estimate of drug-likeness (QED) is 0.756. The standard InChI is InChI=1S/C10H15N3O/c1-2-3-10(14)13-9-5-4-8(6-11)7-12-9/h4-5,7H,2-3,6,11H2,1H3,(H,12,13,14). The Morgan fingerprint density at radius 3 is 2.86 bits per heavy atom. The van der Waals surface area contributed by atoms with E-state index in [1.807, 2.05) is 13.0 Å². The molecule has 1 aromatic heterocycles. The monoisotopic (exact) mass is 193 g/mol. The number of anilines is 1. The lowest BCUT2D eigenvalue weighted by Crippen LogP contribution is -2.11. The molecule has 1 aromatic rings. The number of pyridine rings is 1. The van der Waals surface area contributed by atoms with Gasteiger partial charge in [0.1, 0.15) is 5.82 Å². The number of carbonyl (C=O) groups excluding carboxylic acids is 1. The van der Waals surface area contributed by atoms with Gasteiger partial charge in [0.15, 0.2) is 0 Å². The predicted molar refractivity (Wildman–Crippen MR) is 55.7 cm³/mol. The molecule has 1 heterocycles. The minimum Gasteiger partial charge on any atom is -0.326 e. The van der Waals surface area contributed by atoms with Gasteiger partial charge < -0.3 is 11.1 Å². The normalized spacial score (nSPS) is 9.86. The van der Waals surface area contributed by atoms with Crippen LogP contribution < -0.4 is 11.1 Å². The lowest BCUT2D eigenvalue weighted by molar-refractivity contribution is -0.116. The summed E-state index contributed by atoms with van der Waals surface area (Å²) in [7, 11) is 0. The summed E-state index contributed by atoms with van der Waals surface area (Å²) in [5, 5.41) is 2.70. The molecule has 14 heavy (non-hydrogen) atoms. The second-order valence-corrected chi connectivity index (χ2v) is 3.05. The van der Waals surface area contributed by atoms with E-state index < -0.39 is 0 Å². The van der Waals surface area contributed by atoms with E-state index in [1.165, 1.54) is 0 Å². The van der Waals surface area contributed by atoms with E-state index in [4.69, 9.17) is 5.73 Å². The first-order valence-corrected chi connectivity index (χ1v) is 4.71. The van der Waals surface area contributed by atoms with E-state index in [1.54, 1.807) is 12.3 Å². The molecule has 1 rings (SSSR count). The number of nitrogens with zero attached hydrogens (tertiary/aromatic N) is 1. The van der Waals surface area contributed by atoms with Crippen LogP contribution in [0.2, 0.25) is 0 Å². The van der Waals surface area contributed by atoms with Crippen molar-refractivity contribution in [3.63, 3.8) is 0 Å². The van der Waals surface area contributed by atoms with Crippen LogP contribution in [0.25, 0.3) is 0 Å². The lowest BCUT2D eigenvalue weighted by atomic mass is 10.3. The number of rotatable bonds is 4. The van der Waals surface area contributed by atoms with Crippen LogP contribution in [0.3, 0.4) is 0 Å². The summed E-state index contributed by atoms with van der Waals surface area (Å²) in [6.07, 6.45) is 3.04. The van der Waals surface area contributed by atoms with Gasteiger partial charge in [-0.15, -0.1) is 0 Å². The molecule has 0 fully saturated rings. The Balaban J connectivity index is 2.55. The lowest BCUT2D eigenvalue weighted by Gasteiger charge is -2.03. The van der Waals surface area contributed by atoms with Crippen LogP contribution in [0.5, 0.6) is 0 Å². The highest BCUT2D eigenvalue weighted by Gasteiger charge is 2.00.